The lowest BCUT2D eigenvalue weighted by Crippen LogP contribution is -2.47. The molecule has 0 aromatic carbocycles. The number of likely N-dealkylation sites (N-methyl/N-ethyl adjacent to an activating group) is 1. The molecule has 0 radical (unpaired) electrons. The minimum absolute atomic E-state index is 0.568. The van der Waals surface area contributed by atoms with E-state index in [1.54, 1.807) is 0 Å². The van der Waals surface area contributed by atoms with E-state index >= 15 is 0 Å². The fourth-order valence-corrected chi connectivity index (χ4v) is 2.56. The maximum Gasteiger partial charge on any atom is 0.0510 e. The topological polar surface area (TPSA) is 24.5 Å². The summed E-state index contributed by atoms with van der Waals surface area (Å²) in [6.45, 7) is 13.4. The Morgan fingerprint density at radius 1 is 1.24 bits per heavy atom. The van der Waals surface area contributed by atoms with E-state index in [2.05, 4.69) is 45.0 Å². The van der Waals surface area contributed by atoms with Crippen molar-refractivity contribution in [2.75, 3.05) is 33.4 Å². The van der Waals surface area contributed by atoms with Gasteiger partial charge in [-0.25, -0.2) is 0 Å². The first kappa shape index (κ1) is 14.9. The van der Waals surface area contributed by atoms with E-state index in [1.165, 1.54) is 13.0 Å². The lowest BCUT2D eigenvalue weighted by Gasteiger charge is -2.34. The second-order valence-electron chi connectivity index (χ2n) is 5.96. The van der Waals surface area contributed by atoms with Gasteiger partial charge in [0.1, 0.15) is 0 Å². The predicted octanol–water partition coefficient (Wildman–Crippen LogP) is 1.98. The zero-order valence-corrected chi connectivity index (χ0v) is 12.2. The number of nitrogens with one attached hydrogen (secondary N) is 1. The molecule has 0 saturated carbocycles. The fraction of sp³-hybridized carbons (Fsp3) is 1.00. The van der Waals surface area contributed by atoms with Gasteiger partial charge in [-0.15, -0.1) is 0 Å². The molecule has 1 heterocycles. The Bertz CT molecular complexity index is 200. The fourth-order valence-electron chi connectivity index (χ4n) is 2.56. The van der Waals surface area contributed by atoms with Crippen molar-refractivity contribution in [1.82, 2.24) is 10.2 Å². The molecular weight excluding hydrogens is 212 g/mol. The van der Waals surface area contributed by atoms with Gasteiger partial charge in [0.25, 0.3) is 0 Å². The molecule has 0 bridgehead atoms. The average molecular weight is 242 g/mol. The summed E-state index contributed by atoms with van der Waals surface area (Å²) in [7, 11) is 2.08. The molecule has 1 saturated heterocycles. The minimum Gasteiger partial charge on any atom is -0.381 e. The Kier molecular flexibility index (Phi) is 6.45. The summed E-state index contributed by atoms with van der Waals surface area (Å²) < 4.78 is 5.50. The van der Waals surface area contributed by atoms with E-state index in [-0.39, 0.29) is 0 Å². The molecule has 0 aromatic rings. The molecule has 1 aliphatic heterocycles. The van der Waals surface area contributed by atoms with Crippen LogP contribution in [-0.4, -0.2) is 50.3 Å². The highest BCUT2D eigenvalue weighted by Crippen LogP contribution is 2.18. The quantitative estimate of drug-likeness (QED) is 0.739. The van der Waals surface area contributed by atoms with Crippen LogP contribution in [0.25, 0.3) is 0 Å². The van der Waals surface area contributed by atoms with E-state index in [4.69, 9.17) is 4.74 Å². The van der Waals surface area contributed by atoms with Crippen LogP contribution in [-0.2, 0) is 4.74 Å². The molecule has 3 nitrogen and oxygen atoms in total. The Morgan fingerprint density at radius 2 is 1.94 bits per heavy atom. The average Bonchev–Trinajstić information content (AvgIpc) is 2.76. The molecule has 0 aliphatic carbocycles. The molecule has 0 spiro atoms. The summed E-state index contributed by atoms with van der Waals surface area (Å²) in [5, 5.41) is 3.48. The van der Waals surface area contributed by atoms with E-state index < -0.39 is 0 Å². The molecule has 0 amide bonds. The Balaban J connectivity index is 2.50. The molecule has 1 aliphatic rings. The van der Waals surface area contributed by atoms with Gasteiger partial charge < -0.3 is 10.1 Å². The van der Waals surface area contributed by atoms with Gasteiger partial charge in [0.15, 0.2) is 0 Å². The van der Waals surface area contributed by atoms with Crippen molar-refractivity contribution in [3.63, 3.8) is 0 Å². The first-order valence-corrected chi connectivity index (χ1v) is 7.03. The van der Waals surface area contributed by atoms with Crippen molar-refractivity contribution >= 4 is 0 Å². The number of ether oxygens (including phenoxy) is 1. The van der Waals surface area contributed by atoms with Crippen LogP contribution in [0.3, 0.4) is 0 Å². The highest BCUT2D eigenvalue weighted by atomic mass is 16.5. The Hall–Kier alpha value is -0.120. The molecule has 1 rings (SSSR count). The second-order valence-corrected chi connectivity index (χ2v) is 5.96. The van der Waals surface area contributed by atoms with E-state index in [9.17, 15) is 0 Å². The first-order valence-electron chi connectivity index (χ1n) is 7.03. The van der Waals surface area contributed by atoms with Gasteiger partial charge in [0, 0.05) is 37.7 Å². The van der Waals surface area contributed by atoms with Crippen LogP contribution in [0, 0.1) is 11.8 Å². The van der Waals surface area contributed by atoms with Crippen molar-refractivity contribution in [2.45, 2.75) is 46.2 Å². The summed E-state index contributed by atoms with van der Waals surface area (Å²) in [6, 6.07) is 1.19. The number of hydrogen-bond donors (Lipinski definition) is 1. The highest BCUT2D eigenvalue weighted by molar-refractivity contribution is 4.82. The van der Waals surface area contributed by atoms with Gasteiger partial charge in [0.05, 0.1) is 6.61 Å². The van der Waals surface area contributed by atoms with Crippen LogP contribution in [0.1, 0.15) is 34.1 Å². The third-order valence-corrected chi connectivity index (χ3v) is 3.67. The van der Waals surface area contributed by atoms with Gasteiger partial charge >= 0.3 is 0 Å². The maximum absolute atomic E-state index is 5.50. The third-order valence-electron chi connectivity index (χ3n) is 3.67. The third kappa shape index (κ3) is 4.94. The zero-order chi connectivity index (χ0) is 12.8. The monoisotopic (exact) mass is 242 g/mol. The van der Waals surface area contributed by atoms with E-state index in [1.807, 2.05) is 0 Å². The van der Waals surface area contributed by atoms with Gasteiger partial charge in [-0.3, -0.25) is 4.90 Å². The lowest BCUT2D eigenvalue weighted by molar-refractivity contribution is 0.141. The molecule has 17 heavy (non-hydrogen) atoms. The van der Waals surface area contributed by atoms with Crippen LogP contribution in [0.15, 0.2) is 0 Å². The molecule has 3 heteroatoms. The summed E-state index contributed by atoms with van der Waals surface area (Å²) >= 11 is 0. The van der Waals surface area contributed by atoms with E-state index in [0.29, 0.717) is 18.0 Å². The smallest absolute Gasteiger partial charge is 0.0510 e. The van der Waals surface area contributed by atoms with Crippen molar-refractivity contribution in [3.8, 4) is 0 Å². The summed E-state index contributed by atoms with van der Waals surface area (Å²) in [5.41, 5.74) is 0. The van der Waals surface area contributed by atoms with Gasteiger partial charge in [0.2, 0.25) is 0 Å². The SMILES string of the molecule is CNC(CN(CC(C)C)C(C)C)C1CCOC1. The highest BCUT2D eigenvalue weighted by Gasteiger charge is 2.27. The molecule has 2 atom stereocenters. The molecule has 1 fully saturated rings. The van der Waals surface area contributed by atoms with Crippen LogP contribution in [0.4, 0.5) is 0 Å². The normalized spacial score (nSPS) is 22.9. The molecular formula is C14H30N2O. The van der Waals surface area contributed by atoms with Crippen LogP contribution in [0.2, 0.25) is 0 Å². The Labute approximate surface area is 107 Å². The number of hydrogen-bond acceptors (Lipinski definition) is 3. The van der Waals surface area contributed by atoms with Crippen molar-refractivity contribution in [3.05, 3.63) is 0 Å². The summed E-state index contributed by atoms with van der Waals surface area (Å²) in [5.74, 6) is 1.42. The summed E-state index contributed by atoms with van der Waals surface area (Å²) in [4.78, 5) is 2.59. The van der Waals surface area contributed by atoms with Gasteiger partial charge in [-0.2, -0.15) is 0 Å². The number of nitrogens with zero attached hydrogens (tertiary/aromatic N) is 1. The predicted molar refractivity (Wildman–Crippen MR) is 73.3 cm³/mol. The first-order chi connectivity index (χ1) is 8.04. The molecule has 2 unspecified atom stereocenters. The molecule has 0 aromatic heterocycles. The van der Waals surface area contributed by atoms with E-state index in [0.717, 1.165) is 25.7 Å². The zero-order valence-electron chi connectivity index (χ0n) is 12.2. The molecule has 102 valence electrons. The molecule has 1 N–H and O–H groups in total. The number of rotatable bonds is 7. The van der Waals surface area contributed by atoms with Crippen molar-refractivity contribution in [2.24, 2.45) is 11.8 Å². The maximum atomic E-state index is 5.50. The van der Waals surface area contributed by atoms with Crippen LogP contribution in [0.5, 0.6) is 0 Å². The standard InChI is InChI=1S/C14H30N2O/c1-11(2)8-16(12(3)4)9-14(15-5)13-6-7-17-10-13/h11-15H,6-10H2,1-5H3. The van der Waals surface area contributed by atoms with Crippen LogP contribution < -0.4 is 5.32 Å². The Morgan fingerprint density at radius 3 is 2.35 bits per heavy atom. The second kappa shape index (κ2) is 7.34. The van der Waals surface area contributed by atoms with Gasteiger partial charge in [-0.1, -0.05) is 13.8 Å². The van der Waals surface area contributed by atoms with Crippen LogP contribution >= 0.6 is 0 Å². The van der Waals surface area contributed by atoms with Gasteiger partial charge in [-0.05, 0) is 33.2 Å². The lowest BCUT2D eigenvalue weighted by atomic mass is 9.98. The largest absolute Gasteiger partial charge is 0.381 e. The summed E-state index contributed by atoms with van der Waals surface area (Å²) in [6.07, 6.45) is 1.21. The van der Waals surface area contributed by atoms with Crippen molar-refractivity contribution < 1.29 is 4.74 Å². The van der Waals surface area contributed by atoms with Crippen molar-refractivity contribution in [1.29, 1.82) is 0 Å². The minimum atomic E-state index is 0.568.